The molecule has 0 aliphatic carbocycles. The van der Waals surface area contributed by atoms with Crippen LogP contribution < -0.4 is 5.32 Å². The van der Waals surface area contributed by atoms with Crippen LogP contribution in [0.4, 0.5) is 0 Å². The van der Waals surface area contributed by atoms with Crippen LogP contribution in [0.2, 0.25) is 0 Å². The predicted octanol–water partition coefficient (Wildman–Crippen LogP) is 1.17. The van der Waals surface area contributed by atoms with Crippen molar-refractivity contribution in [2.24, 2.45) is 0 Å². The van der Waals surface area contributed by atoms with Gasteiger partial charge >= 0.3 is 0 Å². The molecule has 0 aromatic rings. The lowest BCUT2D eigenvalue weighted by atomic mass is 10.1. The van der Waals surface area contributed by atoms with E-state index in [1.807, 2.05) is 13.1 Å². The van der Waals surface area contributed by atoms with Crippen molar-refractivity contribution < 1.29 is 0 Å². The van der Waals surface area contributed by atoms with Crippen LogP contribution in [0.5, 0.6) is 0 Å². The van der Waals surface area contributed by atoms with Crippen LogP contribution in [-0.2, 0) is 0 Å². The molecule has 0 aliphatic heterocycles. The summed E-state index contributed by atoms with van der Waals surface area (Å²) in [5.41, 5.74) is 0.0972. The molecule has 0 aromatic heterocycles. The molecule has 0 radical (unpaired) electrons. The lowest BCUT2D eigenvalue weighted by Gasteiger charge is -2.17. The molecular weight excluding hydrogens is 86.1 g/mol. The van der Waals surface area contributed by atoms with Gasteiger partial charge in [-0.05, 0) is 20.9 Å². The van der Waals surface area contributed by atoms with Gasteiger partial charge in [-0.15, -0.1) is 6.58 Å². The van der Waals surface area contributed by atoms with Crippen molar-refractivity contribution in [1.29, 1.82) is 0 Å². The highest BCUT2D eigenvalue weighted by Crippen LogP contribution is 1.98. The van der Waals surface area contributed by atoms with Gasteiger partial charge in [-0.1, -0.05) is 6.08 Å². The van der Waals surface area contributed by atoms with E-state index in [-0.39, 0.29) is 5.54 Å². The zero-order chi connectivity index (χ0) is 5.91. The van der Waals surface area contributed by atoms with Crippen molar-refractivity contribution in [3.8, 4) is 0 Å². The molecule has 0 rings (SSSR count). The van der Waals surface area contributed by atoms with Crippen LogP contribution in [-0.4, -0.2) is 12.6 Å². The number of hydrogen-bond acceptors (Lipinski definition) is 1. The van der Waals surface area contributed by atoms with Crippen molar-refractivity contribution in [2.75, 3.05) is 7.05 Å². The van der Waals surface area contributed by atoms with Gasteiger partial charge in [0.2, 0.25) is 0 Å². The third-order valence-corrected chi connectivity index (χ3v) is 1.15. The maximum Gasteiger partial charge on any atom is 0.0301 e. The second kappa shape index (κ2) is 2.12. The minimum Gasteiger partial charge on any atom is -0.311 e. The summed E-state index contributed by atoms with van der Waals surface area (Å²) >= 11 is 0. The number of likely N-dealkylation sites (N-methyl/N-ethyl adjacent to an activating group) is 1. The van der Waals surface area contributed by atoms with Gasteiger partial charge in [-0.25, -0.2) is 0 Å². The van der Waals surface area contributed by atoms with E-state index in [1.54, 1.807) is 0 Å². The molecule has 0 bridgehead atoms. The molecule has 0 saturated carbocycles. The fourth-order valence-corrected chi connectivity index (χ4v) is 0.102. The Morgan fingerprint density at radius 2 is 2.00 bits per heavy atom. The first-order chi connectivity index (χ1) is 3.12. The molecule has 0 unspecified atom stereocenters. The van der Waals surface area contributed by atoms with Gasteiger partial charge in [0.15, 0.2) is 0 Å². The number of nitrogens with one attached hydrogen (secondary N) is 1. The summed E-state index contributed by atoms with van der Waals surface area (Å²) in [7, 11) is 1.92. The van der Waals surface area contributed by atoms with E-state index in [9.17, 15) is 0 Å². The van der Waals surface area contributed by atoms with Crippen LogP contribution in [0.15, 0.2) is 12.7 Å². The van der Waals surface area contributed by atoms with E-state index in [4.69, 9.17) is 0 Å². The monoisotopic (exact) mass is 99.1 g/mol. The Kier molecular flexibility index (Phi) is 2.03. The Labute approximate surface area is 45.4 Å². The summed E-state index contributed by atoms with van der Waals surface area (Å²) in [6.45, 7) is 7.78. The smallest absolute Gasteiger partial charge is 0.0301 e. The van der Waals surface area contributed by atoms with Crippen molar-refractivity contribution in [3.05, 3.63) is 12.7 Å². The van der Waals surface area contributed by atoms with Gasteiger partial charge in [0, 0.05) is 5.54 Å². The minimum absolute atomic E-state index is 0.0972. The molecule has 7 heavy (non-hydrogen) atoms. The maximum absolute atomic E-state index is 3.64. The molecular formula is C6H13N. The van der Waals surface area contributed by atoms with Gasteiger partial charge in [0.25, 0.3) is 0 Å². The van der Waals surface area contributed by atoms with Crippen LogP contribution in [0.1, 0.15) is 13.8 Å². The molecule has 1 N–H and O–H groups in total. The molecule has 0 saturated heterocycles. The van der Waals surface area contributed by atoms with Gasteiger partial charge in [-0.3, -0.25) is 0 Å². The Morgan fingerprint density at radius 1 is 1.57 bits per heavy atom. The van der Waals surface area contributed by atoms with Crippen LogP contribution in [0, 0.1) is 0 Å². The standard InChI is InChI=1S/C6H13N/c1-5-6(2,3)7-4/h5,7H,1H2,2-4H3. The largest absolute Gasteiger partial charge is 0.311 e. The molecule has 0 amide bonds. The average Bonchev–Trinajstić information content (AvgIpc) is 1.68. The Morgan fingerprint density at radius 3 is 2.00 bits per heavy atom. The van der Waals surface area contributed by atoms with Gasteiger partial charge in [-0.2, -0.15) is 0 Å². The van der Waals surface area contributed by atoms with Crippen LogP contribution in [0.25, 0.3) is 0 Å². The van der Waals surface area contributed by atoms with E-state index in [0.29, 0.717) is 0 Å². The van der Waals surface area contributed by atoms with Crippen molar-refractivity contribution in [2.45, 2.75) is 19.4 Å². The van der Waals surface area contributed by atoms with E-state index in [0.717, 1.165) is 0 Å². The third kappa shape index (κ3) is 2.40. The quantitative estimate of drug-likeness (QED) is 0.512. The molecule has 42 valence electrons. The van der Waals surface area contributed by atoms with Gasteiger partial charge in [0.1, 0.15) is 0 Å². The summed E-state index contributed by atoms with van der Waals surface area (Å²) in [6.07, 6.45) is 1.88. The van der Waals surface area contributed by atoms with Crippen LogP contribution >= 0.6 is 0 Å². The van der Waals surface area contributed by atoms with E-state index in [1.165, 1.54) is 0 Å². The van der Waals surface area contributed by atoms with E-state index in [2.05, 4.69) is 25.7 Å². The molecule has 0 heterocycles. The summed E-state index contributed by atoms with van der Waals surface area (Å²) in [5.74, 6) is 0. The first-order valence-corrected chi connectivity index (χ1v) is 2.45. The molecule has 0 aliphatic rings. The van der Waals surface area contributed by atoms with Crippen molar-refractivity contribution in [1.82, 2.24) is 5.32 Å². The fourth-order valence-electron chi connectivity index (χ4n) is 0.102. The highest BCUT2D eigenvalue weighted by atomic mass is 14.9. The van der Waals surface area contributed by atoms with Gasteiger partial charge in [0.05, 0.1) is 0 Å². The molecule has 0 fully saturated rings. The minimum atomic E-state index is 0.0972. The fraction of sp³-hybridized carbons (Fsp3) is 0.667. The lowest BCUT2D eigenvalue weighted by molar-refractivity contribution is 0.529. The number of hydrogen-bond donors (Lipinski definition) is 1. The highest BCUT2D eigenvalue weighted by molar-refractivity contribution is 4.93. The predicted molar refractivity (Wildman–Crippen MR) is 33.3 cm³/mol. The molecule has 1 heteroatoms. The molecule has 0 aromatic carbocycles. The summed E-state index contributed by atoms with van der Waals surface area (Å²) in [5, 5.41) is 3.07. The number of rotatable bonds is 2. The topological polar surface area (TPSA) is 12.0 Å². The van der Waals surface area contributed by atoms with E-state index >= 15 is 0 Å². The second-order valence-electron chi connectivity index (χ2n) is 2.18. The molecule has 0 atom stereocenters. The maximum atomic E-state index is 3.64. The first kappa shape index (κ1) is 6.70. The normalized spacial score (nSPS) is 11.3. The summed E-state index contributed by atoms with van der Waals surface area (Å²) in [4.78, 5) is 0. The van der Waals surface area contributed by atoms with Crippen molar-refractivity contribution in [3.63, 3.8) is 0 Å². The Balaban J connectivity index is 3.58. The van der Waals surface area contributed by atoms with Gasteiger partial charge < -0.3 is 5.32 Å². The SMILES string of the molecule is C=CC(C)(C)NC. The van der Waals surface area contributed by atoms with Crippen molar-refractivity contribution >= 4 is 0 Å². The lowest BCUT2D eigenvalue weighted by Crippen LogP contribution is -2.33. The zero-order valence-corrected chi connectivity index (χ0v) is 5.28. The molecule has 0 spiro atoms. The zero-order valence-electron chi connectivity index (χ0n) is 5.28. The van der Waals surface area contributed by atoms with Crippen LogP contribution in [0.3, 0.4) is 0 Å². The summed E-state index contributed by atoms with van der Waals surface area (Å²) < 4.78 is 0. The molecule has 1 nitrogen and oxygen atoms in total. The first-order valence-electron chi connectivity index (χ1n) is 2.45. The Bertz CT molecular complexity index is 64.6. The highest BCUT2D eigenvalue weighted by Gasteiger charge is 2.05. The second-order valence-corrected chi connectivity index (χ2v) is 2.18. The third-order valence-electron chi connectivity index (χ3n) is 1.15. The summed E-state index contributed by atoms with van der Waals surface area (Å²) in [6, 6.07) is 0. The van der Waals surface area contributed by atoms with E-state index < -0.39 is 0 Å². The average molecular weight is 99.2 g/mol. The Hall–Kier alpha value is -0.300.